The number of halogens is 3. The van der Waals surface area contributed by atoms with Crippen molar-refractivity contribution in [3.63, 3.8) is 0 Å². The average Bonchev–Trinajstić information content (AvgIpc) is 2.15. The fourth-order valence-corrected chi connectivity index (χ4v) is 1.18. The van der Waals surface area contributed by atoms with E-state index in [4.69, 9.17) is 5.73 Å². The highest BCUT2D eigenvalue weighted by Crippen LogP contribution is 2.19. The van der Waals surface area contributed by atoms with Crippen LogP contribution in [-0.2, 0) is 0 Å². The largest absolute Gasteiger partial charge is 0.405 e. The van der Waals surface area contributed by atoms with Crippen LogP contribution >= 0.6 is 0 Å². The van der Waals surface area contributed by atoms with Gasteiger partial charge in [0.25, 0.3) is 5.56 Å². The Morgan fingerprint density at radius 2 is 2.19 bits per heavy atom. The maximum atomic E-state index is 12.2. The predicted octanol–water partition coefficient (Wildman–Crippen LogP) is 0.0973. The molecule has 1 rings (SSSR count). The molecular weight excluding hydrogens is 225 g/mol. The Hall–Kier alpha value is -1.57. The summed E-state index contributed by atoms with van der Waals surface area (Å²) >= 11 is 0. The van der Waals surface area contributed by atoms with Gasteiger partial charge in [0.1, 0.15) is 12.4 Å². The number of rotatable bonds is 4. The molecule has 0 aromatic carbocycles. The first-order valence-corrected chi connectivity index (χ1v) is 4.49. The minimum atomic E-state index is -4.36. The van der Waals surface area contributed by atoms with Gasteiger partial charge in [-0.25, -0.2) is 4.98 Å². The molecule has 1 aromatic rings. The van der Waals surface area contributed by atoms with Crippen molar-refractivity contribution >= 4 is 5.82 Å². The quantitative estimate of drug-likeness (QED) is 0.777. The van der Waals surface area contributed by atoms with Gasteiger partial charge in [-0.15, -0.1) is 0 Å². The van der Waals surface area contributed by atoms with Gasteiger partial charge in [-0.1, -0.05) is 0 Å². The summed E-state index contributed by atoms with van der Waals surface area (Å²) < 4.78 is 36.7. The number of nitrogens with two attached hydrogens (primary N) is 1. The number of hydrogen-bond donors (Lipinski definition) is 2. The van der Waals surface area contributed by atoms with Crippen molar-refractivity contribution in [2.75, 3.05) is 24.5 Å². The van der Waals surface area contributed by atoms with E-state index in [1.54, 1.807) is 0 Å². The van der Waals surface area contributed by atoms with Crippen molar-refractivity contribution in [1.29, 1.82) is 0 Å². The van der Waals surface area contributed by atoms with Gasteiger partial charge in [0.15, 0.2) is 0 Å². The molecule has 0 saturated heterocycles. The van der Waals surface area contributed by atoms with E-state index in [0.29, 0.717) is 0 Å². The van der Waals surface area contributed by atoms with Gasteiger partial charge in [0.05, 0.1) is 6.33 Å². The Kier molecular flexibility index (Phi) is 3.88. The second kappa shape index (κ2) is 4.97. The lowest BCUT2D eigenvalue weighted by Gasteiger charge is -2.23. The highest BCUT2D eigenvalue weighted by atomic mass is 19.4. The molecule has 0 atom stereocenters. The highest BCUT2D eigenvalue weighted by Gasteiger charge is 2.31. The number of nitrogens with zero attached hydrogens (tertiary/aromatic N) is 2. The molecule has 0 amide bonds. The standard InChI is InChI=1S/C8H11F3N4O/c9-8(10,11)4-15(2-1-12)6-3-7(16)14-5-13-6/h3,5H,1-2,4,12H2,(H,13,14,16). The van der Waals surface area contributed by atoms with Crippen LogP contribution in [0.15, 0.2) is 17.2 Å². The Morgan fingerprint density at radius 1 is 1.50 bits per heavy atom. The van der Waals surface area contributed by atoms with Crippen molar-refractivity contribution in [3.05, 3.63) is 22.7 Å². The molecule has 0 radical (unpaired) electrons. The normalized spacial score (nSPS) is 11.5. The van der Waals surface area contributed by atoms with Gasteiger partial charge in [0, 0.05) is 19.2 Å². The van der Waals surface area contributed by atoms with Crippen LogP contribution in [0, 0.1) is 0 Å². The molecule has 0 fully saturated rings. The van der Waals surface area contributed by atoms with E-state index in [2.05, 4.69) is 9.97 Å². The Labute approximate surface area is 89.1 Å². The molecular formula is C8H11F3N4O. The van der Waals surface area contributed by atoms with Crippen molar-refractivity contribution in [2.45, 2.75) is 6.18 Å². The molecule has 0 bridgehead atoms. The fourth-order valence-electron chi connectivity index (χ4n) is 1.18. The van der Waals surface area contributed by atoms with Gasteiger partial charge in [-0.3, -0.25) is 4.79 Å². The summed E-state index contributed by atoms with van der Waals surface area (Å²) in [5, 5.41) is 0. The van der Waals surface area contributed by atoms with Crippen LogP contribution in [0.1, 0.15) is 0 Å². The van der Waals surface area contributed by atoms with E-state index in [-0.39, 0.29) is 18.9 Å². The number of anilines is 1. The lowest BCUT2D eigenvalue weighted by Crippen LogP contribution is -2.38. The van der Waals surface area contributed by atoms with Crippen LogP contribution in [0.3, 0.4) is 0 Å². The molecule has 3 N–H and O–H groups in total. The first-order valence-electron chi connectivity index (χ1n) is 4.49. The van der Waals surface area contributed by atoms with E-state index in [0.717, 1.165) is 17.3 Å². The number of aromatic amines is 1. The second-order valence-corrected chi connectivity index (χ2v) is 3.09. The Balaban J connectivity index is 2.89. The van der Waals surface area contributed by atoms with Crippen LogP contribution in [0.25, 0.3) is 0 Å². The van der Waals surface area contributed by atoms with Gasteiger partial charge in [-0.05, 0) is 0 Å². The topological polar surface area (TPSA) is 75.0 Å². The van der Waals surface area contributed by atoms with Crippen LogP contribution < -0.4 is 16.2 Å². The number of H-pyrrole nitrogens is 1. The van der Waals surface area contributed by atoms with Crippen molar-refractivity contribution in [3.8, 4) is 0 Å². The number of alkyl halides is 3. The van der Waals surface area contributed by atoms with Gasteiger partial charge >= 0.3 is 6.18 Å². The van der Waals surface area contributed by atoms with Gasteiger partial charge < -0.3 is 15.6 Å². The third-order valence-electron chi connectivity index (χ3n) is 1.76. The first kappa shape index (κ1) is 12.5. The van der Waals surface area contributed by atoms with E-state index >= 15 is 0 Å². The Bertz CT molecular complexity index is 389. The van der Waals surface area contributed by atoms with E-state index in [9.17, 15) is 18.0 Å². The molecule has 0 unspecified atom stereocenters. The minimum Gasteiger partial charge on any atom is -0.346 e. The predicted molar refractivity (Wildman–Crippen MR) is 52.2 cm³/mol. The zero-order valence-electron chi connectivity index (χ0n) is 8.29. The molecule has 0 aliphatic rings. The third-order valence-corrected chi connectivity index (χ3v) is 1.76. The summed E-state index contributed by atoms with van der Waals surface area (Å²) in [5.74, 6) is -0.0356. The molecule has 90 valence electrons. The lowest BCUT2D eigenvalue weighted by molar-refractivity contribution is -0.119. The summed E-state index contributed by atoms with van der Waals surface area (Å²) in [4.78, 5) is 17.7. The van der Waals surface area contributed by atoms with E-state index in [1.165, 1.54) is 0 Å². The number of aromatic nitrogens is 2. The molecule has 0 aliphatic carbocycles. The van der Waals surface area contributed by atoms with Crippen molar-refractivity contribution in [2.24, 2.45) is 5.73 Å². The fraction of sp³-hybridized carbons (Fsp3) is 0.500. The number of hydrogen-bond acceptors (Lipinski definition) is 4. The third kappa shape index (κ3) is 3.89. The van der Waals surface area contributed by atoms with Crippen LogP contribution in [0.5, 0.6) is 0 Å². The van der Waals surface area contributed by atoms with Crippen LogP contribution in [0.2, 0.25) is 0 Å². The second-order valence-electron chi connectivity index (χ2n) is 3.09. The van der Waals surface area contributed by atoms with E-state index < -0.39 is 18.3 Å². The minimum absolute atomic E-state index is 0.0179. The van der Waals surface area contributed by atoms with Crippen LogP contribution in [0.4, 0.5) is 19.0 Å². The lowest BCUT2D eigenvalue weighted by atomic mass is 10.4. The van der Waals surface area contributed by atoms with Gasteiger partial charge in [0.2, 0.25) is 0 Å². The maximum Gasteiger partial charge on any atom is 0.405 e. The summed E-state index contributed by atoms with van der Waals surface area (Å²) in [5.41, 5.74) is 4.70. The maximum absolute atomic E-state index is 12.2. The van der Waals surface area contributed by atoms with Crippen LogP contribution in [-0.4, -0.2) is 35.8 Å². The Morgan fingerprint density at radius 3 is 2.69 bits per heavy atom. The molecule has 8 heteroatoms. The molecule has 1 aromatic heterocycles. The monoisotopic (exact) mass is 236 g/mol. The molecule has 5 nitrogen and oxygen atoms in total. The SMILES string of the molecule is NCCN(CC(F)(F)F)c1cc(=O)[nH]cn1. The average molecular weight is 236 g/mol. The summed E-state index contributed by atoms with van der Waals surface area (Å²) in [7, 11) is 0. The molecule has 0 spiro atoms. The first-order chi connectivity index (χ1) is 7.42. The van der Waals surface area contributed by atoms with E-state index in [1.807, 2.05) is 0 Å². The van der Waals surface area contributed by atoms with Crippen molar-refractivity contribution in [1.82, 2.24) is 9.97 Å². The highest BCUT2D eigenvalue weighted by molar-refractivity contribution is 5.36. The van der Waals surface area contributed by atoms with Crippen molar-refractivity contribution < 1.29 is 13.2 Å². The van der Waals surface area contributed by atoms with Gasteiger partial charge in [-0.2, -0.15) is 13.2 Å². The molecule has 0 saturated carbocycles. The summed E-state index contributed by atoms with van der Waals surface area (Å²) in [6.07, 6.45) is -3.31. The molecule has 1 heterocycles. The molecule has 0 aliphatic heterocycles. The summed E-state index contributed by atoms with van der Waals surface area (Å²) in [6.45, 7) is -1.15. The zero-order chi connectivity index (χ0) is 12.2. The number of nitrogens with one attached hydrogen (secondary N) is 1. The smallest absolute Gasteiger partial charge is 0.346 e. The molecule has 16 heavy (non-hydrogen) atoms. The zero-order valence-corrected chi connectivity index (χ0v) is 8.29. The summed E-state index contributed by atoms with van der Waals surface area (Å²) in [6, 6.07) is 1.00.